The van der Waals surface area contributed by atoms with Crippen molar-refractivity contribution in [1.82, 2.24) is 30.2 Å². The average Bonchev–Trinajstić information content (AvgIpc) is 3.67. The van der Waals surface area contributed by atoms with Gasteiger partial charge in [-0.2, -0.15) is 0 Å². The molecule has 0 spiro atoms. The number of halogens is 2. The summed E-state index contributed by atoms with van der Waals surface area (Å²) < 4.78 is 32.2. The molecule has 312 valence electrons. The molecule has 3 aromatic heterocycles. The van der Waals surface area contributed by atoms with Gasteiger partial charge in [0.15, 0.2) is 5.82 Å². The predicted octanol–water partition coefficient (Wildman–Crippen LogP) is 7.97. The highest BCUT2D eigenvalue weighted by Gasteiger charge is 2.43. The van der Waals surface area contributed by atoms with E-state index in [4.69, 9.17) is 25.8 Å². The van der Waals surface area contributed by atoms with Crippen LogP contribution in [0.5, 0.6) is 17.2 Å². The van der Waals surface area contributed by atoms with E-state index in [0.717, 1.165) is 32.7 Å². The zero-order valence-electron chi connectivity index (χ0n) is 33.4. The number of aromatic nitrogens is 4. The second kappa shape index (κ2) is 18.3. The van der Waals surface area contributed by atoms with Crippen molar-refractivity contribution < 1.29 is 33.6 Å². The van der Waals surface area contributed by atoms with E-state index in [-0.39, 0.29) is 12.3 Å². The number of benzene rings is 4. The van der Waals surface area contributed by atoms with Gasteiger partial charge >= 0.3 is 5.97 Å². The number of hydrogen-bond donors (Lipinski definition) is 3. The van der Waals surface area contributed by atoms with E-state index >= 15 is 0 Å². The van der Waals surface area contributed by atoms with Gasteiger partial charge in [0.2, 0.25) is 5.60 Å². The Balaban J connectivity index is 1.16. The van der Waals surface area contributed by atoms with Crippen LogP contribution in [0.3, 0.4) is 0 Å². The first-order valence-corrected chi connectivity index (χ1v) is 20.8. The minimum absolute atomic E-state index is 0.0239. The lowest BCUT2D eigenvalue weighted by Crippen LogP contribution is -2.44. The fourth-order valence-corrected chi connectivity index (χ4v) is 8.87. The normalized spacial score (nSPS) is 14.1. The Hall–Kier alpha value is -6.03. The smallest absolute Gasteiger partial charge is 0.342 e. The molecule has 1 saturated heterocycles. The van der Waals surface area contributed by atoms with E-state index in [1.807, 2.05) is 37.3 Å². The number of piperazine rings is 1. The van der Waals surface area contributed by atoms with Crippen LogP contribution in [0.2, 0.25) is 5.02 Å². The third-order valence-corrected chi connectivity index (χ3v) is 12.3. The number of para-hydroxylation sites is 2. The Bertz CT molecular complexity index is 2700. The second-order valence-electron chi connectivity index (χ2n) is 14.5. The molecular formula is C46H42ClFN6O6S. The van der Waals surface area contributed by atoms with Crippen molar-refractivity contribution in [3.8, 4) is 50.2 Å². The van der Waals surface area contributed by atoms with Crippen LogP contribution in [-0.4, -0.2) is 87.5 Å². The molecule has 4 heterocycles. The van der Waals surface area contributed by atoms with Gasteiger partial charge in [-0.15, -0.1) is 11.3 Å². The molecule has 1 atom stereocenters. The summed E-state index contributed by atoms with van der Waals surface area (Å²) in [5.74, 6) is -0.00539. The van der Waals surface area contributed by atoms with Gasteiger partial charge in [-0.3, -0.25) is 4.90 Å². The Morgan fingerprint density at radius 1 is 0.918 bits per heavy atom. The number of ether oxygens (including phenoxy) is 3. The van der Waals surface area contributed by atoms with Gasteiger partial charge in [-0.05, 0) is 71.6 Å². The fraction of sp³-hybridized carbons (Fsp3) is 0.239. The van der Waals surface area contributed by atoms with E-state index < -0.39 is 23.8 Å². The number of nitrogens with zero attached hydrogens (tertiary/aromatic N) is 5. The highest BCUT2D eigenvalue weighted by atomic mass is 35.5. The fourth-order valence-electron chi connectivity index (χ4n) is 7.48. The van der Waals surface area contributed by atoms with Crippen molar-refractivity contribution in [3.05, 3.63) is 137 Å². The van der Waals surface area contributed by atoms with Crippen molar-refractivity contribution in [2.75, 3.05) is 46.4 Å². The number of aliphatic carboxylic acids is 1. The number of methoxy groups -OCH3 is 1. The number of fused-ring (bicyclic) bond motifs is 1. The summed E-state index contributed by atoms with van der Waals surface area (Å²) in [5.41, 5.74) is 1.52. The van der Waals surface area contributed by atoms with Crippen molar-refractivity contribution in [2.45, 2.75) is 25.6 Å². The van der Waals surface area contributed by atoms with Crippen LogP contribution in [0.1, 0.15) is 22.5 Å². The molecule has 1 aliphatic rings. The first-order chi connectivity index (χ1) is 29.6. The molecule has 1 fully saturated rings. The molecule has 8 rings (SSSR count). The molecule has 4 aromatic carbocycles. The van der Waals surface area contributed by atoms with Crippen molar-refractivity contribution in [3.63, 3.8) is 0 Å². The first-order valence-electron chi connectivity index (χ1n) is 19.7. The van der Waals surface area contributed by atoms with Crippen LogP contribution in [0, 0.1) is 12.7 Å². The molecule has 3 N–H and O–H groups in total. The molecule has 12 nitrogen and oxygen atoms in total. The standard InChI is InChI=1S/C46H42ClFN6O6S/c1-28-33(15-16-37(40(28)47)59-24-23-54-21-19-49-20-22-54)38-39-42(51-27-52-44(39)61-41(38)29-11-13-31(48)14-12-29)46(57,45(55)56)25-30-7-3-5-9-35(30)60-26-32-17-18-50-43(53-32)34-8-4-6-10-36(34)58-2/h3-18,27,49,57H,19-26H2,1-2H3,(H,55,56). The maximum atomic E-state index is 14.3. The number of carboxylic acids is 1. The molecule has 7 aromatic rings. The minimum atomic E-state index is -2.58. The molecule has 15 heteroatoms. The van der Waals surface area contributed by atoms with E-state index in [1.165, 1.54) is 29.8 Å². The van der Waals surface area contributed by atoms with Crippen LogP contribution in [-0.2, 0) is 23.4 Å². The van der Waals surface area contributed by atoms with Crippen LogP contribution < -0.4 is 19.5 Å². The summed E-state index contributed by atoms with van der Waals surface area (Å²) in [4.78, 5) is 35.1. The van der Waals surface area contributed by atoms with Gasteiger partial charge in [0.25, 0.3) is 0 Å². The van der Waals surface area contributed by atoms with Crippen LogP contribution in [0.25, 0.3) is 43.2 Å². The third-order valence-electron chi connectivity index (χ3n) is 10.7. The molecule has 1 unspecified atom stereocenters. The van der Waals surface area contributed by atoms with Crippen molar-refractivity contribution in [2.24, 2.45) is 0 Å². The maximum Gasteiger partial charge on any atom is 0.342 e. The predicted molar refractivity (Wildman–Crippen MR) is 233 cm³/mol. The van der Waals surface area contributed by atoms with Gasteiger partial charge in [0.1, 0.15) is 47.4 Å². The maximum absolute atomic E-state index is 14.3. The summed E-state index contributed by atoms with van der Waals surface area (Å²) >= 11 is 8.32. The molecule has 61 heavy (non-hydrogen) atoms. The Morgan fingerprint density at radius 2 is 1.67 bits per heavy atom. The summed E-state index contributed by atoms with van der Waals surface area (Å²) in [6.07, 6.45) is 2.46. The number of carboxylic acid groups (broad SMARTS) is 1. The monoisotopic (exact) mass is 860 g/mol. The number of hydrogen-bond acceptors (Lipinski definition) is 12. The van der Waals surface area contributed by atoms with Gasteiger partial charge in [-0.1, -0.05) is 60.1 Å². The lowest BCUT2D eigenvalue weighted by molar-refractivity contribution is -0.160. The van der Waals surface area contributed by atoms with Crippen LogP contribution in [0.15, 0.2) is 104 Å². The number of thiophene rings is 1. The van der Waals surface area contributed by atoms with Crippen molar-refractivity contribution in [1.29, 1.82) is 0 Å². The minimum Gasteiger partial charge on any atom is -0.496 e. The average molecular weight is 861 g/mol. The third kappa shape index (κ3) is 8.76. The van der Waals surface area contributed by atoms with Gasteiger partial charge in [0, 0.05) is 61.2 Å². The van der Waals surface area contributed by atoms with Crippen molar-refractivity contribution >= 4 is 39.1 Å². The van der Waals surface area contributed by atoms with E-state index in [1.54, 1.807) is 61.8 Å². The topological polar surface area (TPSA) is 152 Å². The molecule has 0 amide bonds. The van der Waals surface area contributed by atoms with E-state index in [0.29, 0.717) is 88.9 Å². The second-order valence-corrected chi connectivity index (χ2v) is 15.9. The van der Waals surface area contributed by atoms with Crippen LogP contribution >= 0.6 is 22.9 Å². The number of rotatable bonds is 15. The summed E-state index contributed by atoms with van der Waals surface area (Å²) in [6.45, 7) is 6.81. The zero-order valence-corrected chi connectivity index (χ0v) is 35.0. The number of carbonyl (C=O) groups is 1. The van der Waals surface area contributed by atoms with Gasteiger partial charge in [-0.25, -0.2) is 29.1 Å². The molecule has 0 bridgehead atoms. The zero-order chi connectivity index (χ0) is 42.5. The highest BCUT2D eigenvalue weighted by Crippen LogP contribution is 2.50. The van der Waals surface area contributed by atoms with Gasteiger partial charge < -0.3 is 29.7 Å². The molecule has 0 saturated carbocycles. The summed E-state index contributed by atoms with van der Waals surface area (Å²) in [5, 5.41) is 27.5. The highest BCUT2D eigenvalue weighted by molar-refractivity contribution is 7.22. The first kappa shape index (κ1) is 41.7. The Morgan fingerprint density at radius 3 is 2.44 bits per heavy atom. The molecular weight excluding hydrogens is 819 g/mol. The van der Waals surface area contributed by atoms with E-state index in [2.05, 4.69) is 30.2 Å². The number of nitrogens with one attached hydrogen (secondary N) is 1. The SMILES string of the molecule is COc1ccccc1-c1nccc(COc2ccccc2CC(O)(C(=O)O)c2ncnc3sc(-c4ccc(F)cc4)c(-c4ccc(OCCN5CCNCC5)c(Cl)c4C)c23)n1. The van der Waals surface area contributed by atoms with E-state index in [9.17, 15) is 19.4 Å². The quantitative estimate of drug-likeness (QED) is 0.0917. The Kier molecular flexibility index (Phi) is 12.5. The van der Waals surface area contributed by atoms with Crippen LogP contribution in [0.4, 0.5) is 4.39 Å². The summed E-state index contributed by atoms with van der Waals surface area (Å²) in [6, 6.07) is 25.7. The molecule has 1 aliphatic heterocycles. The molecule has 0 aliphatic carbocycles. The largest absolute Gasteiger partial charge is 0.496 e. The lowest BCUT2D eigenvalue weighted by Gasteiger charge is -2.27. The van der Waals surface area contributed by atoms with Gasteiger partial charge in [0.05, 0.1) is 29.1 Å². The lowest BCUT2D eigenvalue weighted by atomic mass is 9.86. The molecule has 0 radical (unpaired) electrons. The number of aliphatic hydroxyl groups is 1. The summed E-state index contributed by atoms with van der Waals surface area (Å²) in [7, 11) is 1.58. The Labute approximate surface area is 360 Å².